The molecule has 1 aliphatic heterocycles. The Morgan fingerprint density at radius 3 is 2.91 bits per heavy atom. The van der Waals surface area contributed by atoms with Gasteiger partial charge in [-0.2, -0.15) is 0 Å². The Balaban J connectivity index is 1.79. The summed E-state index contributed by atoms with van der Waals surface area (Å²) < 4.78 is 5.54. The average Bonchev–Trinajstić information content (AvgIpc) is 2.53. The zero-order chi connectivity index (χ0) is 15.5. The highest BCUT2D eigenvalue weighted by molar-refractivity contribution is 6.06. The molecule has 2 aromatic rings. The number of para-hydroxylation sites is 2. The molecule has 112 valence electrons. The first-order valence-corrected chi connectivity index (χ1v) is 6.92. The average molecular weight is 297 g/mol. The van der Waals surface area contributed by atoms with Crippen molar-refractivity contribution in [2.75, 3.05) is 16.8 Å². The number of anilines is 2. The molecule has 1 atom stereocenters. The number of pyridine rings is 1. The van der Waals surface area contributed by atoms with E-state index in [-0.39, 0.29) is 18.4 Å². The number of benzene rings is 1. The first-order chi connectivity index (χ1) is 10.6. The molecule has 0 spiro atoms. The topological polar surface area (TPSA) is 71.5 Å². The Morgan fingerprint density at radius 1 is 1.32 bits per heavy atom. The highest BCUT2D eigenvalue weighted by atomic mass is 16.5. The lowest BCUT2D eigenvalue weighted by Crippen LogP contribution is -2.47. The van der Waals surface area contributed by atoms with Crippen LogP contribution in [0.25, 0.3) is 0 Å². The number of hydrogen-bond donors (Lipinski definition) is 1. The maximum atomic E-state index is 12.3. The van der Waals surface area contributed by atoms with Gasteiger partial charge in [0.2, 0.25) is 5.91 Å². The van der Waals surface area contributed by atoms with Crippen LogP contribution in [0.3, 0.4) is 0 Å². The molecule has 6 nitrogen and oxygen atoms in total. The van der Waals surface area contributed by atoms with E-state index in [0.717, 1.165) is 0 Å². The second kappa shape index (κ2) is 5.85. The number of nitrogens with zero attached hydrogens (tertiary/aromatic N) is 2. The summed E-state index contributed by atoms with van der Waals surface area (Å²) in [7, 11) is 0. The lowest BCUT2D eigenvalue weighted by atomic mass is 10.2. The second-order valence-electron chi connectivity index (χ2n) is 4.94. The smallest absolute Gasteiger partial charge is 0.268 e. The molecule has 22 heavy (non-hydrogen) atoms. The van der Waals surface area contributed by atoms with Crippen LogP contribution in [0, 0.1) is 0 Å². The lowest BCUT2D eigenvalue weighted by molar-refractivity contribution is -0.127. The van der Waals surface area contributed by atoms with Gasteiger partial charge in [-0.05, 0) is 31.2 Å². The molecule has 0 radical (unpaired) electrons. The monoisotopic (exact) mass is 297 g/mol. The number of fused-ring (bicyclic) bond motifs is 1. The fourth-order valence-electron chi connectivity index (χ4n) is 2.30. The molecule has 1 aromatic carbocycles. The molecule has 3 rings (SSSR count). The van der Waals surface area contributed by atoms with Gasteiger partial charge in [0.1, 0.15) is 12.3 Å². The van der Waals surface area contributed by atoms with Crippen LogP contribution in [-0.4, -0.2) is 29.4 Å². The maximum absolute atomic E-state index is 12.3. The van der Waals surface area contributed by atoms with Crippen LogP contribution in [0.2, 0.25) is 0 Å². The van der Waals surface area contributed by atoms with Crippen LogP contribution in [0.1, 0.15) is 6.92 Å². The van der Waals surface area contributed by atoms with E-state index in [9.17, 15) is 9.59 Å². The zero-order valence-electron chi connectivity index (χ0n) is 12.0. The SMILES string of the molecule is C[C@H]1Oc2ccccc2N(CC(=O)Nc2cccnc2)C1=O. The van der Waals surface area contributed by atoms with E-state index < -0.39 is 6.10 Å². The second-order valence-corrected chi connectivity index (χ2v) is 4.94. The van der Waals surface area contributed by atoms with Crippen molar-refractivity contribution < 1.29 is 14.3 Å². The fraction of sp³-hybridized carbons (Fsp3) is 0.188. The van der Waals surface area contributed by atoms with Crippen LogP contribution in [0.5, 0.6) is 5.75 Å². The minimum Gasteiger partial charge on any atom is -0.479 e. The van der Waals surface area contributed by atoms with E-state index in [1.165, 1.54) is 4.90 Å². The zero-order valence-corrected chi connectivity index (χ0v) is 12.0. The van der Waals surface area contributed by atoms with Crippen molar-refractivity contribution in [2.24, 2.45) is 0 Å². The number of aromatic nitrogens is 1. The summed E-state index contributed by atoms with van der Waals surface area (Å²) in [5.41, 5.74) is 1.20. The van der Waals surface area contributed by atoms with Crippen LogP contribution in [0.4, 0.5) is 11.4 Å². The normalized spacial score (nSPS) is 16.7. The summed E-state index contributed by atoms with van der Waals surface area (Å²) in [6.07, 6.45) is 2.57. The molecule has 1 N–H and O–H groups in total. The van der Waals surface area contributed by atoms with Gasteiger partial charge in [-0.1, -0.05) is 12.1 Å². The Labute approximate surface area is 127 Å². The highest BCUT2D eigenvalue weighted by Gasteiger charge is 2.32. The Bertz CT molecular complexity index is 703. The summed E-state index contributed by atoms with van der Waals surface area (Å²) in [5.74, 6) is 0.0778. The first-order valence-electron chi connectivity index (χ1n) is 6.92. The Hall–Kier alpha value is -2.89. The Morgan fingerprint density at radius 2 is 2.14 bits per heavy atom. The van der Waals surface area contributed by atoms with Gasteiger partial charge >= 0.3 is 0 Å². The number of rotatable bonds is 3. The van der Waals surface area contributed by atoms with Crippen molar-refractivity contribution in [2.45, 2.75) is 13.0 Å². The molecule has 1 aromatic heterocycles. The minimum atomic E-state index is -0.610. The van der Waals surface area contributed by atoms with Gasteiger partial charge in [-0.3, -0.25) is 19.5 Å². The van der Waals surface area contributed by atoms with E-state index in [4.69, 9.17) is 4.74 Å². The van der Waals surface area contributed by atoms with Gasteiger partial charge in [0.25, 0.3) is 5.91 Å². The van der Waals surface area contributed by atoms with Crippen LogP contribution in [-0.2, 0) is 9.59 Å². The molecular weight excluding hydrogens is 282 g/mol. The molecule has 6 heteroatoms. The summed E-state index contributed by atoms with van der Waals surface area (Å²) in [6.45, 7) is 1.60. The fourth-order valence-corrected chi connectivity index (χ4v) is 2.30. The molecule has 0 bridgehead atoms. The third-order valence-electron chi connectivity index (χ3n) is 3.32. The lowest BCUT2D eigenvalue weighted by Gasteiger charge is -2.32. The predicted molar refractivity (Wildman–Crippen MR) is 81.8 cm³/mol. The van der Waals surface area contributed by atoms with E-state index in [0.29, 0.717) is 17.1 Å². The molecule has 0 aliphatic carbocycles. The largest absolute Gasteiger partial charge is 0.479 e. The van der Waals surface area contributed by atoms with Crippen molar-refractivity contribution in [3.63, 3.8) is 0 Å². The maximum Gasteiger partial charge on any atom is 0.268 e. The van der Waals surface area contributed by atoms with Crippen molar-refractivity contribution in [1.82, 2.24) is 4.98 Å². The standard InChI is InChI=1S/C16H15N3O3/c1-11-16(21)19(13-6-2-3-7-14(13)22-11)10-15(20)18-12-5-4-8-17-9-12/h2-9,11H,10H2,1H3,(H,18,20)/t11-/m1/s1. The molecule has 0 saturated carbocycles. The molecule has 2 heterocycles. The van der Waals surface area contributed by atoms with E-state index in [2.05, 4.69) is 10.3 Å². The molecule has 0 saturated heterocycles. The Kier molecular flexibility index (Phi) is 3.74. The van der Waals surface area contributed by atoms with Crippen molar-refractivity contribution in [3.8, 4) is 5.75 Å². The summed E-state index contributed by atoms with van der Waals surface area (Å²) in [6, 6.07) is 10.6. The van der Waals surface area contributed by atoms with Gasteiger partial charge in [0, 0.05) is 6.20 Å². The van der Waals surface area contributed by atoms with Gasteiger partial charge in [0.05, 0.1) is 17.6 Å². The number of carbonyl (C=O) groups is 2. The molecule has 0 fully saturated rings. The van der Waals surface area contributed by atoms with Crippen molar-refractivity contribution in [3.05, 3.63) is 48.8 Å². The minimum absolute atomic E-state index is 0.0710. The highest BCUT2D eigenvalue weighted by Crippen LogP contribution is 2.33. The number of nitrogens with one attached hydrogen (secondary N) is 1. The third-order valence-corrected chi connectivity index (χ3v) is 3.32. The van der Waals surface area contributed by atoms with Crippen molar-refractivity contribution in [1.29, 1.82) is 0 Å². The van der Waals surface area contributed by atoms with Crippen LogP contribution < -0.4 is 15.0 Å². The summed E-state index contributed by atoms with van der Waals surface area (Å²) in [4.78, 5) is 29.8. The van der Waals surface area contributed by atoms with E-state index >= 15 is 0 Å². The molecule has 2 amide bonds. The van der Waals surface area contributed by atoms with E-state index in [1.807, 2.05) is 6.07 Å². The van der Waals surface area contributed by atoms with E-state index in [1.54, 1.807) is 49.6 Å². The molecule has 0 unspecified atom stereocenters. The first kappa shape index (κ1) is 14.1. The molecule has 1 aliphatic rings. The van der Waals surface area contributed by atoms with Gasteiger partial charge < -0.3 is 10.1 Å². The van der Waals surface area contributed by atoms with Gasteiger partial charge in [0.15, 0.2) is 6.10 Å². The number of hydrogen-bond acceptors (Lipinski definition) is 4. The van der Waals surface area contributed by atoms with Gasteiger partial charge in [-0.15, -0.1) is 0 Å². The van der Waals surface area contributed by atoms with Crippen molar-refractivity contribution >= 4 is 23.2 Å². The quantitative estimate of drug-likeness (QED) is 0.938. The van der Waals surface area contributed by atoms with Crippen LogP contribution in [0.15, 0.2) is 48.8 Å². The summed E-state index contributed by atoms with van der Waals surface area (Å²) in [5, 5.41) is 2.72. The van der Waals surface area contributed by atoms with Crippen LogP contribution >= 0.6 is 0 Å². The number of carbonyl (C=O) groups excluding carboxylic acids is 2. The summed E-state index contributed by atoms with van der Waals surface area (Å²) >= 11 is 0. The molecular formula is C16H15N3O3. The number of amides is 2. The van der Waals surface area contributed by atoms with Gasteiger partial charge in [-0.25, -0.2) is 0 Å². The third kappa shape index (κ3) is 2.76. The number of ether oxygens (including phenoxy) is 1. The predicted octanol–water partition coefficient (Wildman–Crippen LogP) is 1.83.